The number of benzene rings is 1. The van der Waals surface area contributed by atoms with Gasteiger partial charge in [-0.15, -0.1) is 5.10 Å². The Kier molecular flexibility index (Phi) is 3.89. The summed E-state index contributed by atoms with van der Waals surface area (Å²) in [6.45, 7) is 3.57. The zero-order valence-electron chi connectivity index (χ0n) is 15.2. The quantitative estimate of drug-likeness (QED) is 0.772. The lowest BCUT2D eigenvalue weighted by Gasteiger charge is -2.32. The molecule has 0 radical (unpaired) electrons. The number of hydrogen-bond donors (Lipinski definition) is 1. The fourth-order valence-corrected chi connectivity index (χ4v) is 3.44. The molecule has 1 aromatic carbocycles. The molecule has 1 N–H and O–H groups in total. The van der Waals surface area contributed by atoms with Gasteiger partial charge in [0, 0.05) is 18.5 Å². The number of nitrogens with zero attached hydrogens (tertiary/aromatic N) is 5. The van der Waals surface area contributed by atoms with Gasteiger partial charge in [-0.1, -0.05) is 12.1 Å². The molecule has 1 aliphatic rings. The Bertz CT molecular complexity index is 1050. The molecule has 0 bridgehead atoms. The van der Waals surface area contributed by atoms with E-state index in [1.165, 1.54) is 13.8 Å². The predicted octanol–water partition coefficient (Wildman–Crippen LogP) is 2.96. The molecule has 3 heterocycles. The highest BCUT2D eigenvalue weighted by Crippen LogP contribution is 2.37. The molecule has 6 nitrogen and oxygen atoms in total. The second kappa shape index (κ2) is 6.03. The third-order valence-electron chi connectivity index (χ3n) is 5.28. The van der Waals surface area contributed by atoms with Crippen LogP contribution in [0.4, 0.5) is 10.2 Å². The maximum Gasteiger partial charge on any atom is 0.157 e. The van der Waals surface area contributed by atoms with E-state index < -0.39 is 11.3 Å². The third kappa shape index (κ3) is 2.92. The number of anilines is 1. The second-order valence-electron chi connectivity index (χ2n) is 7.49. The van der Waals surface area contributed by atoms with Crippen LogP contribution in [0, 0.1) is 11.3 Å². The summed E-state index contributed by atoms with van der Waals surface area (Å²) in [5.41, 5.74) is -0.261. The molecular weight excluding hydrogens is 345 g/mol. The van der Waals surface area contributed by atoms with E-state index in [0.29, 0.717) is 23.6 Å². The normalized spacial score (nSPS) is 20.2. The van der Waals surface area contributed by atoms with Crippen LogP contribution >= 0.6 is 0 Å². The van der Waals surface area contributed by atoms with Crippen LogP contribution in [0.5, 0.6) is 0 Å². The number of halogens is 1. The van der Waals surface area contributed by atoms with E-state index in [4.69, 9.17) is 5.26 Å². The maximum absolute atomic E-state index is 15.1. The summed E-state index contributed by atoms with van der Waals surface area (Å²) in [6, 6.07) is 13.0. The molecule has 0 saturated carbocycles. The zero-order chi connectivity index (χ0) is 19.2. The van der Waals surface area contributed by atoms with Gasteiger partial charge in [-0.2, -0.15) is 5.26 Å². The van der Waals surface area contributed by atoms with Gasteiger partial charge in [0.1, 0.15) is 5.82 Å². The second-order valence-corrected chi connectivity index (χ2v) is 7.49. The topological polar surface area (TPSA) is 77.5 Å². The average Bonchev–Trinajstić information content (AvgIpc) is 3.25. The van der Waals surface area contributed by atoms with E-state index in [1.807, 2.05) is 29.2 Å². The van der Waals surface area contributed by atoms with Crippen LogP contribution in [0.2, 0.25) is 0 Å². The van der Waals surface area contributed by atoms with Crippen LogP contribution in [-0.2, 0) is 0 Å². The first-order valence-corrected chi connectivity index (χ1v) is 8.82. The molecule has 1 atom stereocenters. The standard InChI is InChI=1S/C20H20FN5O/c1-19(2,27)20(21)8-9-25(13-20)18-7-6-17-23-12-16(26(17)24-18)15-5-3-4-14(10-15)11-22/h3-7,10,12,27H,8-9,13H2,1-2H3. The van der Waals surface area contributed by atoms with Gasteiger partial charge in [-0.25, -0.2) is 13.9 Å². The van der Waals surface area contributed by atoms with Gasteiger partial charge in [0.25, 0.3) is 0 Å². The molecule has 138 valence electrons. The summed E-state index contributed by atoms with van der Waals surface area (Å²) in [4.78, 5) is 6.21. The first-order valence-electron chi connectivity index (χ1n) is 8.82. The number of nitriles is 1. The monoisotopic (exact) mass is 365 g/mol. The summed E-state index contributed by atoms with van der Waals surface area (Å²) in [5, 5.41) is 23.9. The number of imidazole rings is 1. The van der Waals surface area contributed by atoms with Crippen LogP contribution in [0.25, 0.3) is 16.9 Å². The molecule has 4 rings (SSSR count). The van der Waals surface area contributed by atoms with E-state index in [9.17, 15) is 5.11 Å². The van der Waals surface area contributed by atoms with Crippen molar-refractivity contribution < 1.29 is 9.50 Å². The molecule has 3 aromatic rings. The van der Waals surface area contributed by atoms with Crippen molar-refractivity contribution in [3.8, 4) is 17.3 Å². The Balaban J connectivity index is 1.72. The van der Waals surface area contributed by atoms with Crippen LogP contribution in [0.1, 0.15) is 25.8 Å². The van der Waals surface area contributed by atoms with Crippen LogP contribution in [0.3, 0.4) is 0 Å². The lowest BCUT2D eigenvalue weighted by Crippen LogP contribution is -2.48. The Morgan fingerprint density at radius 1 is 1.30 bits per heavy atom. The van der Waals surface area contributed by atoms with Gasteiger partial charge in [-0.3, -0.25) is 0 Å². The van der Waals surface area contributed by atoms with E-state index in [2.05, 4.69) is 16.2 Å². The fraction of sp³-hybridized carbons (Fsp3) is 0.350. The lowest BCUT2D eigenvalue weighted by atomic mass is 9.87. The molecule has 1 fully saturated rings. The van der Waals surface area contributed by atoms with Crippen molar-refractivity contribution in [3.05, 3.63) is 48.2 Å². The largest absolute Gasteiger partial charge is 0.387 e. The summed E-state index contributed by atoms with van der Waals surface area (Å²) in [6.07, 6.45) is 1.96. The number of aliphatic hydroxyl groups is 1. The average molecular weight is 365 g/mol. The first kappa shape index (κ1) is 17.4. The van der Waals surface area contributed by atoms with Gasteiger partial charge in [0.2, 0.25) is 0 Å². The Hall–Kier alpha value is -2.98. The smallest absolute Gasteiger partial charge is 0.157 e. The van der Waals surface area contributed by atoms with Crippen LogP contribution < -0.4 is 4.90 Å². The number of alkyl halides is 1. The van der Waals surface area contributed by atoms with E-state index >= 15 is 4.39 Å². The Labute approximate surface area is 156 Å². The van der Waals surface area contributed by atoms with E-state index in [0.717, 1.165) is 11.3 Å². The van der Waals surface area contributed by atoms with Crippen molar-refractivity contribution in [1.82, 2.24) is 14.6 Å². The van der Waals surface area contributed by atoms with E-state index in [1.54, 1.807) is 22.8 Å². The highest BCUT2D eigenvalue weighted by atomic mass is 19.1. The van der Waals surface area contributed by atoms with Crippen molar-refractivity contribution in [2.75, 3.05) is 18.0 Å². The highest BCUT2D eigenvalue weighted by molar-refractivity contribution is 5.65. The van der Waals surface area contributed by atoms with Gasteiger partial charge >= 0.3 is 0 Å². The zero-order valence-corrected chi connectivity index (χ0v) is 15.2. The number of aromatic nitrogens is 3. The molecule has 0 aliphatic carbocycles. The van der Waals surface area contributed by atoms with Gasteiger partial charge in [0.05, 0.1) is 35.7 Å². The highest BCUT2D eigenvalue weighted by Gasteiger charge is 2.49. The summed E-state index contributed by atoms with van der Waals surface area (Å²) < 4.78 is 16.8. The van der Waals surface area contributed by atoms with E-state index in [-0.39, 0.29) is 13.0 Å². The number of hydrogen-bond acceptors (Lipinski definition) is 5. The van der Waals surface area contributed by atoms with Gasteiger partial charge < -0.3 is 10.0 Å². The van der Waals surface area contributed by atoms with Crippen molar-refractivity contribution in [2.24, 2.45) is 0 Å². The lowest BCUT2D eigenvalue weighted by molar-refractivity contribution is -0.0649. The van der Waals surface area contributed by atoms with Crippen LogP contribution in [0.15, 0.2) is 42.6 Å². The van der Waals surface area contributed by atoms with Gasteiger partial charge in [-0.05, 0) is 38.1 Å². The third-order valence-corrected chi connectivity index (χ3v) is 5.28. The number of fused-ring (bicyclic) bond motifs is 1. The number of rotatable bonds is 3. The Morgan fingerprint density at radius 3 is 2.81 bits per heavy atom. The minimum atomic E-state index is -1.68. The molecule has 7 heteroatoms. The van der Waals surface area contributed by atoms with Gasteiger partial charge in [0.15, 0.2) is 11.3 Å². The molecule has 0 spiro atoms. The summed E-state index contributed by atoms with van der Waals surface area (Å²) in [5.74, 6) is 0.627. The fourth-order valence-electron chi connectivity index (χ4n) is 3.44. The van der Waals surface area contributed by atoms with Crippen molar-refractivity contribution in [3.63, 3.8) is 0 Å². The summed E-state index contributed by atoms with van der Waals surface area (Å²) >= 11 is 0. The molecule has 27 heavy (non-hydrogen) atoms. The SMILES string of the molecule is CC(C)(O)C1(F)CCN(c2ccc3ncc(-c4cccc(C#N)c4)n3n2)C1. The van der Waals surface area contributed by atoms with Crippen molar-refractivity contribution >= 4 is 11.5 Å². The van der Waals surface area contributed by atoms with Crippen LogP contribution in [-0.4, -0.2) is 44.1 Å². The summed E-state index contributed by atoms with van der Waals surface area (Å²) in [7, 11) is 0. The minimum Gasteiger partial charge on any atom is -0.387 e. The predicted molar refractivity (Wildman–Crippen MR) is 100 cm³/mol. The molecule has 1 unspecified atom stereocenters. The maximum atomic E-state index is 15.1. The molecular formula is C20H20FN5O. The van der Waals surface area contributed by atoms with Crippen molar-refractivity contribution in [2.45, 2.75) is 31.5 Å². The molecule has 2 aromatic heterocycles. The molecule has 0 amide bonds. The first-order chi connectivity index (χ1) is 12.8. The molecule has 1 aliphatic heterocycles. The minimum absolute atomic E-state index is 0.0863. The molecule has 1 saturated heterocycles. The van der Waals surface area contributed by atoms with Crippen molar-refractivity contribution in [1.29, 1.82) is 5.26 Å². The Morgan fingerprint density at radius 2 is 2.11 bits per heavy atom.